The van der Waals surface area contributed by atoms with Crippen molar-refractivity contribution in [2.75, 3.05) is 0 Å². The average Bonchev–Trinajstić information content (AvgIpc) is 2.71. The molecule has 0 bridgehead atoms. The number of hydrogen-bond acceptors (Lipinski definition) is 4. The van der Waals surface area contributed by atoms with Gasteiger partial charge in [-0.1, -0.05) is 87.8 Å². The van der Waals surface area contributed by atoms with Gasteiger partial charge in [0.15, 0.2) is 0 Å². The zero-order valence-electron chi connectivity index (χ0n) is 15.1. The Morgan fingerprint density at radius 1 is 0.742 bits per heavy atom. The fraction of sp³-hybridized carbons (Fsp3) is 0.100. The van der Waals surface area contributed by atoms with Gasteiger partial charge in [-0.3, -0.25) is 10.1 Å². The number of nitro benzene ring substituents is 1. The van der Waals surface area contributed by atoms with Gasteiger partial charge in [-0.25, -0.2) is 9.97 Å². The molecule has 158 valence electrons. The highest BCUT2D eigenvalue weighted by Crippen LogP contribution is 2.43. The van der Waals surface area contributed by atoms with Crippen LogP contribution < -0.4 is 0 Å². The molecule has 11 heteroatoms. The first kappa shape index (κ1) is 22.6. The standard InChI is InChI=1S/C20H9Cl6N3O2/c21-19(22,23)15-8-4-11-3-7-13-14(10-1-5-12(6-2-10)29(30)31)9-16(20(24,25)26)28-18(13)17(11)27-15/h1-9H. The highest BCUT2D eigenvalue weighted by atomic mass is 35.6. The van der Waals surface area contributed by atoms with Gasteiger partial charge in [-0.15, -0.1) is 0 Å². The molecule has 0 spiro atoms. The van der Waals surface area contributed by atoms with Crippen LogP contribution in [0.25, 0.3) is 32.9 Å². The second-order valence-electron chi connectivity index (χ2n) is 6.58. The molecule has 0 saturated carbocycles. The molecule has 0 saturated heterocycles. The molecule has 0 aliphatic rings. The van der Waals surface area contributed by atoms with Crippen LogP contribution in [-0.2, 0) is 7.59 Å². The molecule has 0 unspecified atom stereocenters. The number of aromatic nitrogens is 2. The van der Waals surface area contributed by atoms with Crippen molar-refractivity contribution < 1.29 is 4.92 Å². The van der Waals surface area contributed by atoms with Crippen LogP contribution in [0.5, 0.6) is 0 Å². The van der Waals surface area contributed by atoms with Crippen molar-refractivity contribution in [3.63, 3.8) is 0 Å². The van der Waals surface area contributed by atoms with Gasteiger partial charge in [0.25, 0.3) is 5.69 Å². The summed E-state index contributed by atoms with van der Waals surface area (Å²) in [5, 5.41) is 12.4. The van der Waals surface area contributed by atoms with E-state index >= 15 is 0 Å². The first-order valence-corrected chi connectivity index (χ1v) is 10.9. The molecule has 31 heavy (non-hydrogen) atoms. The maximum atomic E-state index is 11.0. The molecular formula is C20H9Cl6N3O2. The highest BCUT2D eigenvalue weighted by molar-refractivity contribution is 6.67. The number of hydrogen-bond donors (Lipinski definition) is 0. The van der Waals surface area contributed by atoms with Crippen molar-refractivity contribution in [3.05, 3.63) is 76.1 Å². The Balaban J connectivity index is 2.07. The van der Waals surface area contributed by atoms with Gasteiger partial charge in [0.1, 0.15) is 0 Å². The van der Waals surface area contributed by atoms with Crippen LogP contribution in [0.3, 0.4) is 0 Å². The Kier molecular flexibility index (Phi) is 5.88. The Labute approximate surface area is 205 Å². The summed E-state index contributed by atoms with van der Waals surface area (Å²) in [6.07, 6.45) is 0. The van der Waals surface area contributed by atoms with Gasteiger partial charge >= 0.3 is 0 Å². The number of rotatable bonds is 2. The number of nitrogens with zero attached hydrogens (tertiary/aromatic N) is 3. The molecule has 2 heterocycles. The van der Waals surface area contributed by atoms with E-state index in [0.717, 1.165) is 5.39 Å². The minimum atomic E-state index is -1.82. The fourth-order valence-electron chi connectivity index (χ4n) is 3.18. The van der Waals surface area contributed by atoms with Crippen molar-refractivity contribution in [3.8, 4) is 11.1 Å². The van der Waals surface area contributed by atoms with E-state index in [1.165, 1.54) is 12.1 Å². The van der Waals surface area contributed by atoms with Crippen LogP contribution in [0.2, 0.25) is 0 Å². The van der Waals surface area contributed by atoms with E-state index in [0.29, 0.717) is 27.5 Å². The minimum Gasteiger partial charge on any atom is -0.258 e. The number of non-ortho nitro benzene ring substituents is 1. The molecule has 2 aromatic carbocycles. The van der Waals surface area contributed by atoms with Gasteiger partial charge < -0.3 is 0 Å². The molecule has 2 aromatic heterocycles. The number of nitro groups is 1. The molecule has 0 aliphatic heterocycles. The van der Waals surface area contributed by atoms with E-state index in [1.54, 1.807) is 30.3 Å². The van der Waals surface area contributed by atoms with Crippen LogP contribution in [0.4, 0.5) is 5.69 Å². The second kappa shape index (κ2) is 8.07. The van der Waals surface area contributed by atoms with E-state index in [9.17, 15) is 10.1 Å². The lowest BCUT2D eigenvalue weighted by Crippen LogP contribution is -2.06. The molecule has 4 aromatic rings. The van der Waals surface area contributed by atoms with E-state index in [-0.39, 0.29) is 17.1 Å². The molecule has 0 amide bonds. The third-order valence-electron chi connectivity index (χ3n) is 4.61. The van der Waals surface area contributed by atoms with E-state index < -0.39 is 12.5 Å². The van der Waals surface area contributed by atoms with E-state index in [2.05, 4.69) is 9.97 Å². The Hall–Kier alpha value is -1.60. The smallest absolute Gasteiger partial charge is 0.258 e. The summed E-state index contributed by atoms with van der Waals surface area (Å²) < 4.78 is -3.55. The van der Waals surface area contributed by atoms with Crippen LogP contribution in [0.1, 0.15) is 11.4 Å². The summed E-state index contributed by atoms with van der Waals surface area (Å²) in [4.78, 5) is 19.6. The van der Waals surface area contributed by atoms with E-state index in [4.69, 9.17) is 69.6 Å². The molecule has 0 atom stereocenters. The largest absolute Gasteiger partial charge is 0.269 e. The predicted molar refractivity (Wildman–Crippen MR) is 128 cm³/mol. The quantitative estimate of drug-likeness (QED) is 0.113. The van der Waals surface area contributed by atoms with Crippen LogP contribution in [-0.4, -0.2) is 14.9 Å². The summed E-state index contributed by atoms with van der Waals surface area (Å²) in [6, 6.07) is 14.7. The predicted octanol–water partition coefficient (Wildman–Crippen LogP) is 8.01. The molecule has 0 radical (unpaired) electrons. The average molecular weight is 536 g/mol. The van der Waals surface area contributed by atoms with Crippen molar-refractivity contribution in [2.24, 2.45) is 0 Å². The fourth-order valence-corrected chi connectivity index (χ4v) is 3.78. The molecule has 4 rings (SSSR count). The topological polar surface area (TPSA) is 68.9 Å². The van der Waals surface area contributed by atoms with Crippen molar-refractivity contribution >= 4 is 97.1 Å². The first-order chi connectivity index (χ1) is 14.4. The zero-order valence-corrected chi connectivity index (χ0v) is 19.7. The summed E-state index contributed by atoms with van der Waals surface area (Å²) in [7, 11) is 0. The normalized spacial score (nSPS) is 12.5. The molecule has 5 nitrogen and oxygen atoms in total. The summed E-state index contributed by atoms with van der Waals surface area (Å²) in [5.74, 6) is 0. The number of alkyl halides is 6. The second-order valence-corrected chi connectivity index (χ2v) is 11.1. The molecule has 0 aliphatic carbocycles. The first-order valence-electron chi connectivity index (χ1n) is 8.59. The lowest BCUT2D eigenvalue weighted by Gasteiger charge is -2.17. The molecule has 0 fully saturated rings. The lowest BCUT2D eigenvalue weighted by atomic mass is 9.98. The molecule has 0 N–H and O–H groups in total. The van der Waals surface area contributed by atoms with Gasteiger partial charge in [0.2, 0.25) is 7.59 Å². The van der Waals surface area contributed by atoms with Crippen LogP contribution in [0, 0.1) is 10.1 Å². The van der Waals surface area contributed by atoms with Gasteiger partial charge in [0.05, 0.1) is 27.3 Å². The number of halogens is 6. The summed E-state index contributed by atoms with van der Waals surface area (Å²) in [6.45, 7) is 0. The number of benzene rings is 2. The zero-order chi connectivity index (χ0) is 22.6. The van der Waals surface area contributed by atoms with Crippen LogP contribution in [0.15, 0.2) is 54.6 Å². The van der Waals surface area contributed by atoms with E-state index in [1.807, 2.05) is 12.1 Å². The number of pyridine rings is 2. The molecular weight excluding hydrogens is 527 g/mol. The maximum Gasteiger partial charge on any atom is 0.269 e. The highest BCUT2D eigenvalue weighted by Gasteiger charge is 2.28. The summed E-state index contributed by atoms with van der Waals surface area (Å²) >= 11 is 36.4. The van der Waals surface area contributed by atoms with Crippen LogP contribution >= 0.6 is 69.6 Å². The lowest BCUT2D eigenvalue weighted by molar-refractivity contribution is -0.384. The Morgan fingerprint density at radius 2 is 1.32 bits per heavy atom. The van der Waals surface area contributed by atoms with Gasteiger partial charge in [0, 0.05) is 22.9 Å². The summed E-state index contributed by atoms with van der Waals surface area (Å²) in [5.41, 5.74) is 2.56. The van der Waals surface area contributed by atoms with Crippen molar-refractivity contribution in [1.82, 2.24) is 9.97 Å². The SMILES string of the molecule is O=[N+]([O-])c1ccc(-c2cc(C(Cl)(Cl)Cl)nc3c2ccc2ccc(C(Cl)(Cl)Cl)nc23)cc1. The maximum absolute atomic E-state index is 11.0. The monoisotopic (exact) mass is 533 g/mol. The van der Waals surface area contributed by atoms with Crippen molar-refractivity contribution in [2.45, 2.75) is 7.59 Å². The van der Waals surface area contributed by atoms with Gasteiger partial charge in [-0.05, 0) is 35.4 Å². The third kappa shape index (κ3) is 4.49. The Bertz CT molecular complexity index is 1330. The third-order valence-corrected chi connectivity index (χ3v) is 5.77. The minimum absolute atomic E-state index is 0.0388. The van der Waals surface area contributed by atoms with Gasteiger partial charge in [-0.2, -0.15) is 0 Å². The Morgan fingerprint density at radius 3 is 1.90 bits per heavy atom. The number of fused-ring (bicyclic) bond motifs is 3. The van der Waals surface area contributed by atoms with Crippen molar-refractivity contribution in [1.29, 1.82) is 0 Å².